The number of hydrogen-bond acceptors (Lipinski definition) is 4. The molecule has 0 saturated carbocycles. The summed E-state index contributed by atoms with van der Waals surface area (Å²) in [7, 11) is 0. The number of anilines is 1. The fourth-order valence-electron chi connectivity index (χ4n) is 1.97. The molecule has 0 aromatic carbocycles. The average Bonchev–Trinajstić information content (AvgIpc) is 2.56. The molecule has 0 spiro atoms. The normalized spacial score (nSPS) is 10.8. The van der Waals surface area contributed by atoms with Crippen LogP contribution in [0.25, 0.3) is 0 Å². The topological polar surface area (TPSA) is 71.1 Å². The molecule has 0 radical (unpaired) electrons. The maximum absolute atomic E-state index is 11.9. The van der Waals surface area contributed by atoms with Gasteiger partial charge in [-0.1, -0.05) is 25.7 Å². The average molecular weight is 345 g/mol. The SMILES string of the molecule is C=C/C=C(\C(=C)S)C(=O)NCCCCCC(=O)Nc1cccnc1. The van der Waals surface area contributed by atoms with Crippen molar-refractivity contribution >= 4 is 30.1 Å². The number of allylic oxidation sites excluding steroid dienone is 2. The van der Waals surface area contributed by atoms with E-state index in [1.165, 1.54) is 6.08 Å². The minimum atomic E-state index is -0.218. The van der Waals surface area contributed by atoms with Crippen LogP contribution >= 0.6 is 12.6 Å². The summed E-state index contributed by atoms with van der Waals surface area (Å²) in [6.45, 7) is 7.74. The quantitative estimate of drug-likeness (QED) is 0.264. The number of amides is 2. The molecule has 1 aromatic heterocycles. The van der Waals surface area contributed by atoms with Gasteiger partial charge in [0.05, 0.1) is 17.5 Å². The van der Waals surface area contributed by atoms with Crippen LogP contribution in [0, 0.1) is 0 Å². The lowest BCUT2D eigenvalue weighted by molar-refractivity contribution is -0.117. The van der Waals surface area contributed by atoms with Crippen LogP contribution < -0.4 is 10.6 Å². The Morgan fingerprint density at radius 1 is 1.29 bits per heavy atom. The Balaban J connectivity index is 2.17. The van der Waals surface area contributed by atoms with E-state index in [0.29, 0.717) is 29.1 Å². The van der Waals surface area contributed by atoms with Crippen molar-refractivity contribution in [3.63, 3.8) is 0 Å². The number of unbranched alkanes of at least 4 members (excludes halogenated alkanes) is 2. The first-order valence-corrected chi connectivity index (χ1v) is 8.18. The van der Waals surface area contributed by atoms with E-state index >= 15 is 0 Å². The van der Waals surface area contributed by atoms with Crippen LogP contribution in [0.3, 0.4) is 0 Å². The minimum Gasteiger partial charge on any atom is -0.352 e. The molecule has 1 aromatic rings. The van der Waals surface area contributed by atoms with E-state index in [2.05, 4.69) is 41.4 Å². The number of nitrogens with one attached hydrogen (secondary N) is 2. The number of nitrogens with zero attached hydrogens (tertiary/aromatic N) is 1. The van der Waals surface area contributed by atoms with Gasteiger partial charge in [0.1, 0.15) is 0 Å². The molecule has 2 amide bonds. The van der Waals surface area contributed by atoms with E-state index in [-0.39, 0.29) is 11.8 Å². The molecular weight excluding hydrogens is 322 g/mol. The molecule has 2 N–H and O–H groups in total. The van der Waals surface area contributed by atoms with E-state index in [1.54, 1.807) is 30.6 Å². The van der Waals surface area contributed by atoms with Gasteiger partial charge in [-0.05, 0) is 31.1 Å². The second-order valence-electron chi connectivity index (χ2n) is 5.12. The number of hydrogen-bond donors (Lipinski definition) is 3. The van der Waals surface area contributed by atoms with Gasteiger partial charge in [0.2, 0.25) is 5.91 Å². The van der Waals surface area contributed by atoms with E-state index < -0.39 is 0 Å². The molecule has 0 atom stereocenters. The van der Waals surface area contributed by atoms with Gasteiger partial charge >= 0.3 is 0 Å². The van der Waals surface area contributed by atoms with Crippen molar-refractivity contribution < 1.29 is 9.59 Å². The van der Waals surface area contributed by atoms with Crippen molar-refractivity contribution in [2.45, 2.75) is 25.7 Å². The predicted octanol–water partition coefficient (Wildman–Crippen LogP) is 3.25. The first kappa shape index (κ1) is 19.7. The number of carbonyl (C=O) groups excluding carboxylic acids is 2. The highest BCUT2D eigenvalue weighted by molar-refractivity contribution is 7.84. The maximum atomic E-state index is 11.9. The second-order valence-corrected chi connectivity index (χ2v) is 5.66. The Morgan fingerprint density at radius 3 is 2.71 bits per heavy atom. The number of thiol groups is 1. The second kappa shape index (κ2) is 11.2. The van der Waals surface area contributed by atoms with Crippen LogP contribution in [0.2, 0.25) is 0 Å². The first-order valence-electron chi connectivity index (χ1n) is 7.73. The molecule has 1 heterocycles. The molecule has 24 heavy (non-hydrogen) atoms. The fraction of sp³-hybridized carbons (Fsp3) is 0.278. The highest BCUT2D eigenvalue weighted by atomic mass is 32.1. The van der Waals surface area contributed by atoms with Gasteiger partial charge in [0.25, 0.3) is 5.91 Å². The van der Waals surface area contributed by atoms with Crippen molar-refractivity contribution in [1.29, 1.82) is 0 Å². The van der Waals surface area contributed by atoms with Crippen molar-refractivity contribution in [2.24, 2.45) is 0 Å². The summed E-state index contributed by atoms with van der Waals surface area (Å²) in [5.74, 6) is -0.251. The third-order valence-electron chi connectivity index (χ3n) is 3.15. The lowest BCUT2D eigenvalue weighted by atomic mass is 10.1. The van der Waals surface area contributed by atoms with E-state index in [4.69, 9.17) is 0 Å². The van der Waals surface area contributed by atoms with Crippen LogP contribution in [0.1, 0.15) is 25.7 Å². The smallest absolute Gasteiger partial charge is 0.252 e. The summed E-state index contributed by atoms with van der Waals surface area (Å²) in [6.07, 6.45) is 9.22. The molecule has 0 aliphatic carbocycles. The van der Waals surface area contributed by atoms with Crippen molar-refractivity contribution in [3.05, 3.63) is 60.3 Å². The number of rotatable bonds is 10. The maximum Gasteiger partial charge on any atom is 0.252 e. The summed E-state index contributed by atoms with van der Waals surface area (Å²) in [5, 5.41) is 5.59. The Labute approximate surface area is 148 Å². The summed E-state index contributed by atoms with van der Waals surface area (Å²) in [4.78, 5) is 28.0. The third kappa shape index (κ3) is 7.78. The van der Waals surface area contributed by atoms with Crippen molar-refractivity contribution in [1.82, 2.24) is 10.3 Å². The summed E-state index contributed by atoms with van der Waals surface area (Å²) >= 11 is 4.09. The Morgan fingerprint density at radius 2 is 2.08 bits per heavy atom. The zero-order chi connectivity index (χ0) is 17.8. The van der Waals surface area contributed by atoms with Gasteiger partial charge in [0.15, 0.2) is 0 Å². The first-order chi connectivity index (χ1) is 11.5. The fourth-order valence-corrected chi connectivity index (χ4v) is 2.14. The Hall–Kier alpha value is -2.34. The number of pyridine rings is 1. The molecular formula is C18H23N3O2S. The van der Waals surface area contributed by atoms with Crippen LogP contribution in [-0.2, 0) is 9.59 Å². The van der Waals surface area contributed by atoms with Gasteiger partial charge < -0.3 is 10.6 Å². The van der Waals surface area contributed by atoms with E-state index in [0.717, 1.165) is 19.3 Å². The van der Waals surface area contributed by atoms with Crippen LogP contribution in [0.4, 0.5) is 5.69 Å². The van der Waals surface area contributed by atoms with Crippen LogP contribution in [-0.4, -0.2) is 23.3 Å². The number of aromatic nitrogens is 1. The number of carbonyl (C=O) groups is 2. The lowest BCUT2D eigenvalue weighted by Gasteiger charge is -2.08. The highest BCUT2D eigenvalue weighted by Gasteiger charge is 2.09. The molecule has 0 bridgehead atoms. The van der Waals surface area contributed by atoms with Crippen LogP contribution in [0.15, 0.2) is 60.3 Å². The molecule has 0 aliphatic heterocycles. The van der Waals surface area contributed by atoms with E-state index in [1.807, 2.05) is 0 Å². The standard InChI is InChI=1S/C18H23N3O2S/c1-3-8-16(14(2)24)18(23)20-12-6-4-5-10-17(22)21-15-9-7-11-19-13-15/h3,7-9,11,13,24H,1-2,4-6,10,12H2,(H,20,23)(H,21,22)/b16-8+. The Kier molecular flexibility index (Phi) is 9.23. The van der Waals surface area contributed by atoms with Crippen molar-refractivity contribution in [2.75, 3.05) is 11.9 Å². The van der Waals surface area contributed by atoms with Crippen LogP contribution in [0.5, 0.6) is 0 Å². The largest absolute Gasteiger partial charge is 0.352 e. The molecule has 0 aliphatic rings. The molecule has 1 rings (SSSR count). The summed E-state index contributed by atoms with van der Waals surface area (Å²) in [5.41, 5.74) is 1.10. The van der Waals surface area contributed by atoms with Gasteiger partial charge in [-0.3, -0.25) is 14.6 Å². The summed E-state index contributed by atoms with van der Waals surface area (Å²) in [6, 6.07) is 3.57. The van der Waals surface area contributed by atoms with Gasteiger partial charge in [-0.25, -0.2) is 0 Å². The molecule has 0 fully saturated rings. The minimum absolute atomic E-state index is 0.0328. The highest BCUT2D eigenvalue weighted by Crippen LogP contribution is 2.12. The molecule has 6 heteroatoms. The lowest BCUT2D eigenvalue weighted by Crippen LogP contribution is -2.26. The van der Waals surface area contributed by atoms with Gasteiger partial charge in [-0.15, -0.1) is 12.6 Å². The Bertz CT molecular complexity index is 612. The van der Waals surface area contributed by atoms with Gasteiger partial charge in [0, 0.05) is 24.1 Å². The van der Waals surface area contributed by atoms with Gasteiger partial charge in [-0.2, -0.15) is 0 Å². The molecule has 0 saturated heterocycles. The molecule has 5 nitrogen and oxygen atoms in total. The predicted molar refractivity (Wildman–Crippen MR) is 101 cm³/mol. The molecule has 0 unspecified atom stereocenters. The zero-order valence-electron chi connectivity index (χ0n) is 13.6. The van der Waals surface area contributed by atoms with Crippen molar-refractivity contribution in [3.8, 4) is 0 Å². The third-order valence-corrected chi connectivity index (χ3v) is 3.39. The zero-order valence-corrected chi connectivity index (χ0v) is 14.5. The molecule has 128 valence electrons. The van der Waals surface area contributed by atoms with E-state index in [9.17, 15) is 9.59 Å². The summed E-state index contributed by atoms with van der Waals surface area (Å²) < 4.78 is 0. The monoisotopic (exact) mass is 345 g/mol.